The van der Waals surface area contributed by atoms with Crippen molar-refractivity contribution in [1.29, 1.82) is 0 Å². The molecule has 24 heavy (non-hydrogen) atoms. The lowest BCUT2D eigenvalue weighted by molar-refractivity contribution is -0.383. The number of nitrogens with zero attached hydrogens (tertiary/aromatic N) is 4. The second-order valence-corrected chi connectivity index (χ2v) is 4.93. The first-order chi connectivity index (χ1) is 11.6. The molecule has 9 heteroatoms. The van der Waals surface area contributed by atoms with Crippen LogP contribution in [0, 0.1) is 15.9 Å². The zero-order chi connectivity index (χ0) is 17.5. The fourth-order valence-corrected chi connectivity index (χ4v) is 2.22. The zero-order valence-corrected chi connectivity index (χ0v) is 13.1. The van der Waals surface area contributed by atoms with Crippen LogP contribution in [0.1, 0.15) is 12.5 Å². The highest BCUT2D eigenvalue weighted by Crippen LogP contribution is 2.31. The lowest BCUT2D eigenvalue weighted by Crippen LogP contribution is -2.28. The summed E-state index contributed by atoms with van der Waals surface area (Å²) < 4.78 is 12.9. The topological polar surface area (TPSA) is 104 Å². The minimum atomic E-state index is -0.553. The third-order valence-corrected chi connectivity index (χ3v) is 3.41. The Bertz CT molecular complexity index is 696. The number of aromatic nitrogens is 2. The Morgan fingerprint density at radius 1 is 1.33 bits per heavy atom. The van der Waals surface area contributed by atoms with E-state index in [0.29, 0.717) is 6.54 Å². The summed E-state index contributed by atoms with van der Waals surface area (Å²) in [4.78, 5) is 20.4. The minimum absolute atomic E-state index is 0.0747. The molecule has 8 nitrogen and oxygen atoms in total. The average Bonchev–Trinajstić information content (AvgIpc) is 2.58. The molecule has 0 radical (unpaired) electrons. The normalized spacial score (nSPS) is 10.5. The zero-order valence-electron chi connectivity index (χ0n) is 13.1. The van der Waals surface area contributed by atoms with Crippen molar-refractivity contribution >= 4 is 17.3 Å². The molecule has 1 aromatic carbocycles. The van der Waals surface area contributed by atoms with Gasteiger partial charge in [0.25, 0.3) is 0 Å². The molecule has 0 aliphatic heterocycles. The molecular formula is C15H18FN5O3. The smallest absolute Gasteiger partial charge is 0.353 e. The average molecular weight is 335 g/mol. The highest BCUT2D eigenvalue weighted by molar-refractivity contribution is 5.70. The number of anilines is 2. The molecule has 0 aliphatic rings. The number of halogens is 1. The van der Waals surface area contributed by atoms with E-state index in [9.17, 15) is 14.5 Å². The Morgan fingerprint density at radius 2 is 2.04 bits per heavy atom. The van der Waals surface area contributed by atoms with Crippen molar-refractivity contribution in [3.05, 3.63) is 52.1 Å². The fourth-order valence-electron chi connectivity index (χ4n) is 2.22. The van der Waals surface area contributed by atoms with Crippen LogP contribution in [0.4, 0.5) is 21.7 Å². The maximum atomic E-state index is 12.9. The molecule has 0 amide bonds. The first-order valence-electron chi connectivity index (χ1n) is 7.40. The summed E-state index contributed by atoms with van der Waals surface area (Å²) in [7, 11) is 0. The number of nitrogens with one attached hydrogen (secondary N) is 1. The van der Waals surface area contributed by atoms with Crippen molar-refractivity contribution in [2.24, 2.45) is 0 Å². The van der Waals surface area contributed by atoms with Gasteiger partial charge in [-0.25, -0.2) is 14.4 Å². The second-order valence-electron chi connectivity index (χ2n) is 4.93. The van der Waals surface area contributed by atoms with Crippen LogP contribution in [0.2, 0.25) is 0 Å². The number of aliphatic hydroxyl groups excluding tert-OH is 1. The van der Waals surface area contributed by atoms with Crippen molar-refractivity contribution in [1.82, 2.24) is 9.97 Å². The van der Waals surface area contributed by atoms with E-state index in [1.165, 1.54) is 18.5 Å². The van der Waals surface area contributed by atoms with E-state index < -0.39 is 4.92 Å². The van der Waals surface area contributed by atoms with Crippen molar-refractivity contribution in [2.75, 3.05) is 29.9 Å². The number of rotatable bonds is 8. The summed E-state index contributed by atoms with van der Waals surface area (Å²) in [6.45, 7) is 2.60. The van der Waals surface area contributed by atoms with Crippen LogP contribution >= 0.6 is 0 Å². The van der Waals surface area contributed by atoms with E-state index in [1.54, 1.807) is 17.0 Å². The van der Waals surface area contributed by atoms with Crippen LogP contribution in [0.15, 0.2) is 30.6 Å². The molecule has 2 N–H and O–H groups in total. The molecule has 0 saturated carbocycles. The van der Waals surface area contributed by atoms with Crippen molar-refractivity contribution in [3.8, 4) is 0 Å². The summed E-state index contributed by atoms with van der Waals surface area (Å²) in [6.07, 6.45) is 1.23. The number of hydrogen-bond acceptors (Lipinski definition) is 7. The van der Waals surface area contributed by atoms with E-state index in [4.69, 9.17) is 5.11 Å². The largest absolute Gasteiger partial charge is 0.395 e. The third kappa shape index (κ3) is 4.13. The number of aliphatic hydroxyl groups is 1. The van der Waals surface area contributed by atoms with E-state index in [2.05, 4.69) is 15.3 Å². The Balaban J connectivity index is 2.28. The Kier molecular flexibility index (Phi) is 5.96. The van der Waals surface area contributed by atoms with Gasteiger partial charge in [0.1, 0.15) is 12.1 Å². The lowest BCUT2D eigenvalue weighted by Gasteiger charge is -2.20. The molecule has 2 aromatic rings. The molecule has 0 fully saturated rings. The lowest BCUT2D eigenvalue weighted by atomic mass is 10.2. The molecular weight excluding hydrogens is 317 g/mol. The standard InChI is InChI=1S/C15H18FN5O3/c1-2-20(7-8-22)15-13(21(23)24)14(18-10-19-15)17-9-11-3-5-12(16)6-4-11/h3-6,10,22H,2,7-9H2,1H3,(H,17,18,19). The van der Waals surface area contributed by atoms with Gasteiger partial charge in [-0.2, -0.15) is 0 Å². The number of hydrogen-bond donors (Lipinski definition) is 2. The molecule has 0 aliphatic carbocycles. The van der Waals surface area contributed by atoms with Crippen molar-refractivity contribution in [3.63, 3.8) is 0 Å². The van der Waals surface area contributed by atoms with Gasteiger partial charge in [0.15, 0.2) is 0 Å². The van der Waals surface area contributed by atoms with Gasteiger partial charge in [0.2, 0.25) is 11.6 Å². The fraction of sp³-hybridized carbons (Fsp3) is 0.333. The van der Waals surface area contributed by atoms with Gasteiger partial charge in [-0.1, -0.05) is 12.1 Å². The Hall–Kier alpha value is -2.81. The van der Waals surface area contributed by atoms with Crippen molar-refractivity contribution < 1.29 is 14.4 Å². The Labute approximate surface area is 138 Å². The summed E-state index contributed by atoms with van der Waals surface area (Å²) in [5, 5.41) is 23.5. The summed E-state index contributed by atoms with van der Waals surface area (Å²) in [5.41, 5.74) is 0.503. The van der Waals surface area contributed by atoms with Gasteiger partial charge in [-0.05, 0) is 24.6 Å². The first kappa shape index (κ1) is 17.5. The van der Waals surface area contributed by atoms with Gasteiger partial charge in [0, 0.05) is 19.6 Å². The van der Waals surface area contributed by atoms with Crippen LogP contribution in [0.3, 0.4) is 0 Å². The monoisotopic (exact) mass is 335 g/mol. The van der Waals surface area contributed by atoms with E-state index >= 15 is 0 Å². The van der Waals surface area contributed by atoms with Crippen molar-refractivity contribution in [2.45, 2.75) is 13.5 Å². The molecule has 1 aromatic heterocycles. The second kappa shape index (κ2) is 8.16. The Morgan fingerprint density at radius 3 is 2.62 bits per heavy atom. The highest BCUT2D eigenvalue weighted by atomic mass is 19.1. The van der Waals surface area contributed by atoms with Crippen LogP contribution in [-0.4, -0.2) is 39.7 Å². The number of likely N-dealkylation sites (N-methyl/N-ethyl adjacent to an activating group) is 1. The molecule has 2 rings (SSSR count). The SMILES string of the molecule is CCN(CCO)c1ncnc(NCc2ccc(F)cc2)c1[N+](=O)[O-]. The van der Waals surface area contributed by atoms with Crippen LogP contribution < -0.4 is 10.2 Å². The van der Waals surface area contributed by atoms with E-state index in [-0.39, 0.29) is 42.8 Å². The van der Waals surface area contributed by atoms with Gasteiger partial charge >= 0.3 is 5.69 Å². The van der Waals surface area contributed by atoms with Gasteiger partial charge in [-0.3, -0.25) is 10.1 Å². The van der Waals surface area contributed by atoms with Gasteiger partial charge < -0.3 is 15.3 Å². The summed E-state index contributed by atoms with van der Waals surface area (Å²) in [6, 6.07) is 5.80. The van der Waals surface area contributed by atoms with Crippen LogP contribution in [0.5, 0.6) is 0 Å². The molecule has 128 valence electrons. The molecule has 1 heterocycles. The number of benzene rings is 1. The summed E-state index contributed by atoms with van der Waals surface area (Å²) in [5.74, 6) is -0.129. The molecule has 0 saturated heterocycles. The van der Waals surface area contributed by atoms with Crippen LogP contribution in [0.25, 0.3) is 0 Å². The highest BCUT2D eigenvalue weighted by Gasteiger charge is 2.26. The third-order valence-electron chi connectivity index (χ3n) is 3.41. The van der Waals surface area contributed by atoms with E-state index in [0.717, 1.165) is 5.56 Å². The quantitative estimate of drug-likeness (QED) is 0.561. The van der Waals surface area contributed by atoms with Crippen LogP contribution in [-0.2, 0) is 6.54 Å². The molecule has 0 atom stereocenters. The first-order valence-corrected chi connectivity index (χ1v) is 7.40. The molecule has 0 unspecified atom stereocenters. The predicted octanol–water partition coefficient (Wildman–Crippen LogP) is 1.95. The minimum Gasteiger partial charge on any atom is -0.395 e. The predicted molar refractivity (Wildman–Crippen MR) is 87.4 cm³/mol. The maximum Gasteiger partial charge on any atom is 0.353 e. The van der Waals surface area contributed by atoms with E-state index in [1.807, 2.05) is 6.92 Å². The van der Waals surface area contributed by atoms with Gasteiger partial charge in [-0.15, -0.1) is 0 Å². The molecule has 0 spiro atoms. The maximum absolute atomic E-state index is 12.9. The summed E-state index contributed by atoms with van der Waals surface area (Å²) >= 11 is 0. The van der Waals surface area contributed by atoms with Gasteiger partial charge in [0.05, 0.1) is 11.5 Å². The molecule has 0 bridgehead atoms. The number of nitro groups is 1.